The second kappa shape index (κ2) is 31.8. The molecular weight excluding hydrogens is 1540 g/mol. The van der Waals surface area contributed by atoms with E-state index < -0.39 is 45.0 Å². The van der Waals surface area contributed by atoms with Crippen molar-refractivity contribution >= 4 is 162 Å². The molecule has 124 heavy (non-hydrogen) atoms. The second-order valence-corrected chi connectivity index (χ2v) is 33.5. The number of para-hydroxylation sites is 4. The minimum atomic E-state index is -2.44. The van der Waals surface area contributed by atoms with Gasteiger partial charge in [-0.1, -0.05) is 84.9 Å². The van der Waals surface area contributed by atoms with Crippen molar-refractivity contribution in [2.24, 2.45) is 0 Å². The number of hydrogen-bond donors (Lipinski definition) is 0. The third kappa shape index (κ3) is 13.8. The van der Waals surface area contributed by atoms with Gasteiger partial charge in [0.25, 0.3) is 0 Å². The van der Waals surface area contributed by atoms with E-state index in [2.05, 4.69) is 133 Å². The zero-order valence-corrected chi connectivity index (χ0v) is 73.8. The third-order valence-corrected chi connectivity index (χ3v) is 24.6. The van der Waals surface area contributed by atoms with Gasteiger partial charge in [-0.25, -0.2) is 24.9 Å². The lowest BCUT2D eigenvalue weighted by atomic mass is 10.1. The van der Waals surface area contributed by atoms with Gasteiger partial charge in [0.15, 0.2) is 27.9 Å². The molecule has 0 spiro atoms. The fourth-order valence-electron chi connectivity index (χ4n) is 18.3. The van der Waals surface area contributed by atoms with Gasteiger partial charge in [0.1, 0.15) is 30.8 Å². The quantitative estimate of drug-likeness (QED) is 0.141. The molecular formula is C104H111N15O5. The molecule has 7 aromatic carbocycles. The van der Waals surface area contributed by atoms with Gasteiger partial charge in [-0.3, -0.25) is 0 Å². The van der Waals surface area contributed by atoms with Crippen LogP contribution in [0.3, 0.4) is 0 Å². The maximum atomic E-state index is 8.74. The number of fused-ring (bicyclic) bond motifs is 17. The fourth-order valence-corrected chi connectivity index (χ4v) is 18.3. The first-order valence-corrected chi connectivity index (χ1v) is 42.2. The van der Waals surface area contributed by atoms with E-state index in [1.807, 2.05) is 246 Å². The fraction of sp³-hybridized carbons (Fsp3) is 0.298. The largest absolute Gasteiger partial charge is 0.435 e. The zero-order valence-electron chi connectivity index (χ0n) is 85.8. The molecule has 20 nitrogen and oxygen atoms in total. The van der Waals surface area contributed by atoms with Crippen molar-refractivity contribution in [1.29, 1.82) is 0 Å². The highest BCUT2D eigenvalue weighted by molar-refractivity contribution is 6.14. The van der Waals surface area contributed by atoms with Crippen LogP contribution in [0.25, 0.3) is 110 Å². The van der Waals surface area contributed by atoms with Gasteiger partial charge in [-0.2, -0.15) is 0 Å². The minimum absolute atomic E-state index is 0.0212. The molecule has 0 saturated heterocycles. The summed E-state index contributed by atoms with van der Waals surface area (Å²) in [6, 6.07) is 53.6. The van der Waals surface area contributed by atoms with Crippen molar-refractivity contribution in [3.05, 3.63) is 263 Å². The van der Waals surface area contributed by atoms with Crippen LogP contribution in [0.1, 0.15) is 149 Å². The molecule has 6 unspecified atom stereocenters. The number of pyridine rings is 5. The molecule has 15 heterocycles. The highest BCUT2D eigenvalue weighted by Crippen LogP contribution is 2.52. The average molecular weight is 1660 g/mol. The van der Waals surface area contributed by atoms with E-state index in [-0.39, 0.29) is 24.7 Å². The highest BCUT2D eigenvalue weighted by Gasteiger charge is 2.39. The average Bonchev–Trinajstić information content (AvgIpc) is 1.56. The standard InChI is InChI=1S/C24H25N3O.C22H21N3O.2C20H23N3O.C18H19N3O/c1-14(2)26-17(5)27(21-9-7-6-8-20(21)26)22-15(3)10-12-18-19-13-11-16(4)25-24(19)28-23(18)22;1-13-9-11-16-17-12-10-14(2)23-22(17)26-21(16)20(13)25-15(3)24(4)18-7-5-6-8-19(18)25;2*1-12(2)22-10-11-23(15(22)5)18-13(3)6-8-16-17-9-7-14(4)21-20(17)24-19(16)18;1-11-5-7-14-15-8-6-12(2)19-18(15)22-17(14)16(11)21-10-9-20(4)13(21)3/h6-14,17H,1-5H3;5-12,15H,1-4H3;2*6-12,15H,1-5H3;5-10,13H,1-4H3/i14D;4D3;1D3,12D;12D;4D3. The monoisotopic (exact) mass is 1660 g/mol. The Bertz CT molecular complexity index is 7340. The molecule has 22 rings (SSSR count). The van der Waals surface area contributed by atoms with E-state index in [0.717, 1.165) is 178 Å². The van der Waals surface area contributed by atoms with E-state index in [0.29, 0.717) is 39.8 Å². The number of hydrogen-bond acceptors (Lipinski definition) is 20. The summed E-state index contributed by atoms with van der Waals surface area (Å²) < 4.78 is 127. The molecule has 20 heteroatoms. The Labute approximate surface area is 742 Å². The number of benzene rings is 7. The Morgan fingerprint density at radius 1 is 0.290 bits per heavy atom. The minimum Gasteiger partial charge on any atom is -0.435 e. The van der Waals surface area contributed by atoms with E-state index >= 15 is 0 Å². The normalized spacial score (nSPS) is 19.7. The Kier molecular flexibility index (Phi) is 17.4. The van der Waals surface area contributed by atoms with Crippen molar-refractivity contribution in [2.75, 3.05) is 48.3 Å². The van der Waals surface area contributed by atoms with Gasteiger partial charge in [0.05, 0.1) is 55.3 Å². The molecule has 0 radical (unpaired) electrons. The Morgan fingerprint density at radius 3 is 0.911 bits per heavy atom. The summed E-state index contributed by atoms with van der Waals surface area (Å²) in [5.41, 5.74) is 25.3. The molecule has 5 aliphatic rings. The first kappa shape index (κ1) is 68.1. The van der Waals surface area contributed by atoms with Crippen LogP contribution in [0.15, 0.2) is 229 Å². The van der Waals surface area contributed by atoms with E-state index in [1.54, 1.807) is 23.5 Å². The molecule has 0 bridgehead atoms. The molecule has 5 aliphatic heterocycles. The highest BCUT2D eigenvalue weighted by atomic mass is 16.4. The molecule has 6 atom stereocenters. The molecule has 0 fully saturated rings. The van der Waals surface area contributed by atoms with E-state index in [9.17, 15) is 0 Å². The summed E-state index contributed by atoms with van der Waals surface area (Å²) in [4.78, 5) is 41.7. The van der Waals surface area contributed by atoms with Crippen LogP contribution in [0.2, 0.25) is 0 Å². The van der Waals surface area contributed by atoms with Crippen LogP contribution in [-0.4, -0.2) is 102 Å². The molecule has 17 aromatic rings. The van der Waals surface area contributed by atoms with Gasteiger partial charge >= 0.3 is 0 Å². The van der Waals surface area contributed by atoms with Crippen molar-refractivity contribution in [2.45, 2.75) is 194 Å². The summed E-state index contributed by atoms with van der Waals surface area (Å²) in [6.07, 6.45) is 9.86. The summed E-state index contributed by atoms with van der Waals surface area (Å²) >= 11 is 0. The molecule has 0 N–H and O–H groups in total. The van der Waals surface area contributed by atoms with E-state index in [1.165, 1.54) is 16.7 Å². The van der Waals surface area contributed by atoms with Gasteiger partial charge in [0, 0.05) is 164 Å². The molecule has 0 aliphatic carbocycles. The second-order valence-electron chi connectivity index (χ2n) is 33.5. The summed E-state index contributed by atoms with van der Waals surface area (Å²) in [7, 11) is 0. The molecule has 0 amide bonds. The summed E-state index contributed by atoms with van der Waals surface area (Å²) in [5, 5.41) is 10.0. The SMILES string of the molecule is [2H]C(C)(C)N1C=CN(c2c(C)ccc3c2oc2nc(C)ccc23)C1C.[2H]C(C)(C)N1c2ccccc2N(c2c(C)ccc3c2oc2nc(C)ccc23)C1C.[2H]C([2H])([2H])C([2H])(C)N1C=CN(c2c(C)ccc3c2oc2nc(C)ccc23)C1C.[2H]C([2H])([2H])N1C=CN(c2c(C)ccc3c2oc2nc(C)ccc23)C1C.[2H]C([2H])([2H])N1c2ccccc2N(c2c(C)ccc3c2oc2nc(C)ccc23)C1C. The predicted molar refractivity (Wildman–Crippen MR) is 512 cm³/mol. The molecule has 0 saturated carbocycles. The lowest BCUT2D eigenvalue weighted by molar-refractivity contribution is 0.263. The van der Waals surface area contributed by atoms with Crippen molar-refractivity contribution in [1.82, 2.24) is 39.6 Å². The smallest absolute Gasteiger partial charge is 0.227 e. The number of rotatable bonds is 8. The van der Waals surface area contributed by atoms with Crippen LogP contribution >= 0.6 is 0 Å². The van der Waals surface area contributed by atoms with Crippen LogP contribution in [0.5, 0.6) is 0 Å². The van der Waals surface area contributed by atoms with Gasteiger partial charge in [-0.15, -0.1) is 0 Å². The Balaban J connectivity index is 0.000000113. The lowest BCUT2D eigenvalue weighted by Crippen LogP contribution is -2.42. The Morgan fingerprint density at radius 2 is 0.589 bits per heavy atom. The van der Waals surface area contributed by atoms with Crippen LogP contribution < -0.4 is 34.3 Å². The summed E-state index contributed by atoms with van der Waals surface area (Å²) in [5.74, 6) is 0. The van der Waals surface area contributed by atoms with Crippen LogP contribution in [-0.2, 0) is 0 Å². The number of aromatic nitrogens is 5. The number of furan rings is 5. The van der Waals surface area contributed by atoms with Gasteiger partial charge in [-0.05, 0) is 258 Å². The zero-order chi connectivity index (χ0) is 97.3. The lowest BCUT2D eigenvalue weighted by Gasteiger charge is -2.33. The van der Waals surface area contributed by atoms with E-state index in [4.69, 9.17) is 38.5 Å². The van der Waals surface area contributed by atoms with Crippen molar-refractivity contribution in [3.8, 4) is 0 Å². The maximum absolute atomic E-state index is 8.74. The van der Waals surface area contributed by atoms with Crippen LogP contribution in [0.4, 0.5) is 51.2 Å². The Hall–Kier alpha value is -13.5. The van der Waals surface area contributed by atoms with Gasteiger partial charge < -0.3 is 71.1 Å². The molecule has 10 aromatic heterocycles. The van der Waals surface area contributed by atoms with Crippen molar-refractivity contribution < 1.29 is 38.5 Å². The topological polar surface area (TPSA) is 163 Å². The van der Waals surface area contributed by atoms with Gasteiger partial charge in [0.2, 0.25) is 28.6 Å². The number of nitrogens with zero attached hydrogens (tertiary/aromatic N) is 15. The molecule has 632 valence electrons. The first-order valence-electron chi connectivity index (χ1n) is 48.2. The third-order valence-electron chi connectivity index (χ3n) is 24.6. The number of anilines is 9. The predicted octanol–water partition coefficient (Wildman–Crippen LogP) is 25.9. The number of aryl methyl sites for hydroxylation is 10. The maximum Gasteiger partial charge on any atom is 0.227 e. The van der Waals surface area contributed by atoms with Crippen molar-refractivity contribution in [3.63, 3.8) is 0 Å². The summed E-state index contributed by atoms with van der Waals surface area (Å²) in [6.45, 7) is 32.1. The first-order chi connectivity index (χ1) is 64.1. The van der Waals surface area contributed by atoms with Crippen LogP contribution in [0, 0.1) is 69.2 Å².